The van der Waals surface area contributed by atoms with Crippen molar-refractivity contribution in [1.29, 1.82) is 0 Å². The van der Waals surface area contributed by atoms with Crippen molar-refractivity contribution in [3.8, 4) is 5.82 Å². The van der Waals surface area contributed by atoms with Crippen LogP contribution in [0.25, 0.3) is 5.82 Å². The summed E-state index contributed by atoms with van der Waals surface area (Å²) >= 11 is 1.54. The third kappa shape index (κ3) is 2.73. The normalized spacial score (nSPS) is 14.6. The second kappa shape index (κ2) is 5.21. The molecule has 0 amide bonds. The Morgan fingerprint density at radius 1 is 1.42 bits per heavy atom. The standard InChI is InChI=1S/C13H17N5S/c1-3-14-11-8-12(16-13(15-11)19-2)18-7-6-10(17-18)9-4-5-9/h6-9H,3-5H2,1-2H3,(H,14,15,16). The fourth-order valence-corrected chi connectivity index (χ4v) is 2.33. The Balaban J connectivity index is 1.94. The highest BCUT2D eigenvalue weighted by Crippen LogP contribution is 2.39. The minimum Gasteiger partial charge on any atom is -0.370 e. The summed E-state index contributed by atoms with van der Waals surface area (Å²) in [4.78, 5) is 8.93. The number of rotatable bonds is 5. The molecule has 0 unspecified atom stereocenters. The SMILES string of the molecule is CCNc1cc(-n2ccc(C3CC3)n2)nc(SC)n1. The average Bonchev–Trinajstić information content (AvgIpc) is 3.16. The van der Waals surface area contributed by atoms with Gasteiger partial charge in [0.15, 0.2) is 11.0 Å². The molecule has 5 nitrogen and oxygen atoms in total. The number of hydrogen-bond acceptors (Lipinski definition) is 5. The predicted octanol–water partition coefficient (Wildman–Crippen LogP) is 2.69. The molecule has 0 atom stereocenters. The number of hydrogen-bond donors (Lipinski definition) is 1. The minimum absolute atomic E-state index is 0.663. The summed E-state index contributed by atoms with van der Waals surface area (Å²) in [7, 11) is 0. The van der Waals surface area contributed by atoms with Crippen molar-refractivity contribution in [3.63, 3.8) is 0 Å². The van der Waals surface area contributed by atoms with Crippen molar-refractivity contribution < 1.29 is 0 Å². The van der Waals surface area contributed by atoms with E-state index in [0.29, 0.717) is 5.92 Å². The first-order chi connectivity index (χ1) is 9.30. The van der Waals surface area contributed by atoms with Crippen molar-refractivity contribution in [2.45, 2.75) is 30.8 Å². The van der Waals surface area contributed by atoms with E-state index in [9.17, 15) is 0 Å². The zero-order valence-corrected chi connectivity index (χ0v) is 11.9. The highest BCUT2D eigenvalue weighted by Gasteiger charge is 2.26. The number of thioether (sulfide) groups is 1. The molecule has 1 fully saturated rings. The van der Waals surface area contributed by atoms with E-state index >= 15 is 0 Å². The van der Waals surface area contributed by atoms with Crippen molar-refractivity contribution in [1.82, 2.24) is 19.7 Å². The van der Waals surface area contributed by atoms with E-state index in [1.165, 1.54) is 30.3 Å². The topological polar surface area (TPSA) is 55.6 Å². The van der Waals surface area contributed by atoms with Gasteiger partial charge in [-0.1, -0.05) is 11.8 Å². The van der Waals surface area contributed by atoms with Crippen LogP contribution in [0.3, 0.4) is 0 Å². The summed E-state index contributed by atoms with van der Waals surface area (Å²) in [5.74, 6) is 2.33. The fourth-order valence-electron chi connectivity index (χ4n) is 1.96. The summed E-state index contributed by atoms with van der Waals surface area (Å²) in [6.07, 6.45) is 6.49. The summed E-state index contributed by atoms with van der Waals surface area (Å²) in [5, 5.41) is 8.60. The Kier molecular flexibility index (Phi) is 3.42. The summed E-state index contributed by atoms with van der Waals surface area (Å²) in [5.41, 5.74) is 1.18. The third-order valence-corrected chi connectivity index (χ3v) is 3.62. The van der Waals surface area contributed by atoms with Crippen LogP contribution >= 0.6 is 11.8 Å². The van der Waals surface area contributed by atoms with Gasteiger partial charge in [0.25, 0.3) is 0 Å². The number of nitrogens with zero attached hydrogens (tertiary/aromatic N) is 4. The predicted molar refractivity (Wildman–Crippen MR) is 77.1 cm³/mol. The lowest BCUT2D eigenvalue weighted by Gasteiger charge is -2.07. The van der Waals surface area contributed by atoms with E-state index < -0.39 is 0 Å². The summed E-state index contributed by atoms with van der Waals surface area (Å²) < 4.78 is 1.84. The van der Waals surface area contributed by atoms with Crippen molar-refractivity contribution >= 4 is 17.6 Å². The second-order valence-corrected chi connectivity index (χ2v) is 5.36. The molecule has 2 aromatic heterocycles. The largest absolute Gasteiger partial charge is 0.370 e. The van der Waals surface area contributed by atoms with Gasteiger partial charge in [0, 0.05) is 24.7 Å². The first-order valence-electron chi connectivity index (χ1n) is 6.53. The Hall–Kier alpha value is -1.56. The molecular weight excluding hydrogens is 258 g/mol. The summed E-state index contributed by atoms with van der Waals surface area (Å²) in [6, 6.07) is 4.03. The molecule has 1 aliphatic rings. The molecule has 3 rings (SSSR count). The number of nitrogens with one attached hydrogen (secondary N) is 1. The van der Waals surface area contributed by atoms with E-state index in [4.69, 9.17) is 0 Å². The zero-order valence-electron chi connectivity index (χ0n) is 11.1. The molecule has 0 radical (unpaired) electrons. The molecule has 0 saturated heterocycles. The molecule has 2 heterocycles. The fraction of sp³-hybridized carbons (Fsp3) is 0.462. The molecule has 19 heavy (non-hydrogen) atoms. The lowest BCUT2D eigenvalue weighted by atomic mass is 10.3. The molecular formula is C13H17N5S. The van der Waals surface area contributed by atoms with Gasteiger partial charge in [-0.05, 0) is 32.1 Å². The maximum Gasteiger partial charge on any atom is 0.191 e. The van der Waals surface area contributed by atoms with E-state index in [0.717, 1.165) is 23.3 Å². The number of aromatic nitrogens is 4. The molecule has 1 saturated carbocycles. The van der Waals surface area contributed by atoms with Gasteiger partial charge in [-0.3, -0.25) is 0 Å². The monoisotopic (exact) mass is 275 g/mol. The van der Waals surface area contributed by atoms with Crippen LogP contribution in [-0.2, 0) is 0 Å². The van der Waals surface area contributed by atoms with Crippen molar-refractivity contribution in [3.05, 3.63) is 24.0 Å². The average molecular weight is 275 g/mol. The maximum absolute atomic E-state index is 4.61. The van der Waals surface area contributed by atoms with Crippen LogP contribution < -0.4 is 5.32 Å². The molecule has 0 spiro atoms. The van der Waals surface area contributed by atoms with Gasteiger partial charge in [-0.2, -0.15) is 5.10 Å². The third-order valence-electron chi connectivity index (χ3n) is 3.07. The van der Waals surface area contributed by atoms with E-state index in [1.807, 2.05) is 23.2 Å². The van der Waals surface area contributed by atoms with Gasteiger partial charge < -0.3 is 5.32 Å². The highest BCUT2D eigenvalue weighted by molar-refractivity contribution is 7.98. The van der Waals surface area contributed by atoms with Gasteiger partial charge in [0.05, 0.1) is 5.69 Å². The molecule has 0 bridgehead atoms. The van der Waals surface area contributed by atoms with Crippen LogP contribution in [0.2, 0.25) is 0 Å². The Morgan fingerprint density at radius 2 is 2.26 bits per heavy atom. The Labute approximate surface area is 116 Å². The summed E-state index contributed by atoms with van der Waals surface area (Å²) in [6.45, 7) is 2.90. The first kappa shape index (κ1) is 12.5. The van der Waals surface area contributed by atoms with Crippen LogP contribution in [0.1, 0.15) is 31.4 Å². The van der Waals surface area contributed by atoms with Gasteiger partial charge in [0.2, 0.25) is 0 Å². The molecule has 1 aliphatic carbocycles. The minimum atomic E-state index is 0.663. The highest BCUT2D eigenvalue weighted by atomic mass is 32.2. The van der Waals surface area contributed by atoms with Crippen molar-refractivity contribution in [2.24, 2.45) is 0 Å². The zero-order chi connectivity index (χ0) is 13.2. The molecule has 1 N–H and O–H groups in total. The molecule has 6 heteroatoms. The van der Waals surface area contributed by atoms with Crippen molar-refractivity contribution in [2.75, 3.05) is 18.1 Å². The number of anilines is 1. The lowest BCUT2D eigenvalue weighted by molar-refractivity contribution is 0.785. The quantitative estimate of drug-likeness (QED) is 0.671. The van der Waals surface area contributed by atoms with Crippen LogP contribution in [-0.4, -0.2) is 32.5 Å². The van der Waals surface area contributed by atoms with Gasteiger partial charge >= 0.3 is 0 Å². The first-order valence-corrected chi connectivity index (χ1v) is 7.75. The van der Waals surface area contributed by atoms with E-state index in [-0.39, 0.29) is 0 Å². The van der Waals surface area contributed by atoms with Gasteiger partial charge in [-0.15, -0.1) is 0 Å². The Bertz CT molecular complexity index is 576. The Morgan fingerprint density at radius 3 is 2.95 bits per heavy atom. The van der Waals surface area contributed by atoms with Crippen LogP contribution in [0, 0.1) is 0 Å². The molecule has 0 aliphatic heterocycles. The van der Waals surface area contributed by atoms with Gasteiger partial charge in [-0.25, -0.2) is 14.6 Å². The van der Waals surface area contributed by atoms with Crippen LogP contribution in [0.5, 0.6) is 0 Å². The lowest BCUT2D eigenvalue weighted by Crippen LogP contribution is -2.06. The molecule has 0 aromatic carbocycles. The van der Waals surface area contributed by atoms with E-state index in [2.05, 4.69) is 33.4 Å². The molecule has 2 aromatic rings. The smallest absolute Gasteiger partial charge is 0.191 e. The molecule has 100 valence electrons. The second-order valence-electron chi connectivity index (χ2n) is 4.59. The van der Waals surface area contributed by atoms with E-state index in [1.54, 1.807) is 0 Å². The maximum atomic E-state index is 4.61. The van der Waals surface area contributed by atoms with Crippen LogP contribution in [0.15, 0.2) is 23.5 Å². The van der Waals surface area contributed by atoms with Crippen LogP contribution in [0.4, 0.5) is 5.82 Å². The van der Waals surface area contributed by atoms with Gasteiger partial charge in [0.1, 0.15) is 5.82 Å².